The van der Waals surface area contributed by atoms with Crippen molar-refractivity contribution in [3.8, 4) is 0 Å². The van der Waals surface area contributed by atoms with E-state index in [1.807, 2.05) is 7.05 Å². The Labute approximate surface area is 199 Å². The molecule has 0 aromatic rings. The monoisotopic (exact) mass is 533 g/mol. The van der Waals surface area contributed by atoms with Gasteiger partial charge in [0.15, 0.2) is 5.96 Å². The van der Waals surface area contributed by atoms with Crippen LogP contribution in [-0.4, -0.2) is 135 Å². The predicted octanol–water partition coefficient (Wildman–Crippen LogP) is 0.200. The van der Waals surface area contributed by atoms with E-state index < -0.39 is 0 Å². The summed E-state index contributed by atoms with van der Waals surface area (Å²) >= 11 is 0. The van der Waals surface area contributed by atoms with Gasteiger partial charge in [-0.3, -0.25) is 24.5 Å². The average molecular weight is 534 g/mol. The molecule has 30 heavy (non-hydrogen) atoms. The summed E-state index contributed by atoms with van der Waals surface area (Å²) in [6, 6.07) is 0.599. The van der Waals surface area contributed by atoms with Gasteiger partial charge in [-0.25, -0.2) is 0 Å². The fraction of sp³-hybridized carbons (Fsp3) is 0.905. The summed E-state index contributed by atoms with van der Waals surface area (Å²) in [4.78, 5) is 29.1. The van der Waals surface area contributed by atoms with Crippen molar-refractivity contribution >= 4 is 35.8 Å². The van der Waals surface area contributed by atoms with E-state index in [1.54, 1.807) is 0 Å². The summed E-state index contributed by atoms with van der Waals surface area (Å²) in [6.07, 6.45) is 4.87. The Kier molecular flexibility index (Phi) is 9.46. The molecule has 0 saturated carbocycles. The molecule has 1 N–H and O–H groups in total. The highest BCUT2D eigenvalue weighted by atomic mass is 127. The SMILES string of the molecule is CN=C(NCC1CN2CCN1CC2)N1CCN(CC(=O)N2CCCCCC2)CC1.I. The minimum absolute atomic E-state index is 0. The molecule has 5 rings (SSSR count). The molecule has 0 spiro atoms. The number of piperazine rings is 4. The number of aliphatic imine (C=N–C) groups is 1. The molecular weight excluding hydrogens is 493 g/mol. The molecular formula is C21H40IN7O. The smallest absolute Gasteiger partial charge is 0.236 e. The van der Waals surface area contributed by atoms with Crippen LogP contribution in [0.5, 0.6) is 0 Å². The van der Waals surface area contributed by atoms with Crippen molar-refractivity contribution in [1.29, 1.82) is 0 Å². The second-order valence-electron chi connectivity index (χ2n) is 8.98. The number of hydrogen-bond acceptors (Lipinski definition) is 5. The molecule has 172 valence electrons. The van der Waals surface area contributed by atoms with Crippen molar-refractivity contribution in [2.24, 2.45) is 4.99 Å². The number of halogens is 1. The number of nitrogens with zero attached hydrogens (tertiary/aromatic N) is 6. The van der Waals surface area contributed by atoms with Crippen LogP contribution >= 0.6 is 24.0 Å². The molecule has 0 radical (unpaired) electrons. The normalized spacial score (nSPS) is 30.6. The molecule has 5 aliphatic heterocycles. The first kappa shape index (κ1) is 24.0. The third kappa shape index (κ3) is 6.20. The van der Waals surface area contributed by atoms with Crippen LogP contribution in [0.1, 0.15) is 25.7 Å². The lowest BCUT2D eigenvalue weighted by molar-refractivity contribution is -0.132. The molecule has 5 fully saturated rings. The molecule has 5 heterocycles. The van der Waals surface area contributed by atoms with Crippen LogP contribution in [0, 0.1) is 0 Å². The van der Waals surface area contributed by atoms with Gasteiger partial charge < -0.3 is 15.1 Å². The lowest BCUT2D eigenvalue weighted by atomic mass is 10.1. The van der Waals surface area contributed by atoms with Gasteiger partial charge in [-0.05, 0) is 12.8 Å². The molecule has 1 unspecified atom stereocenters. The first-order valence-corrected chi connectivity index (χ1v) is 11.6. The Morgan fingerprint density at radius 2 is 1.53 bits per heavy atom. The predicted molar refractivity (Wildman–Crippen MR) is 132 cm³/mol. The van der Waals surface area contributed by atoms with E-state index in [2.05, 4.69) is 34.8 Å². The Morgan fingerprint density at radius 3 is 2.10 bits per heavy atom. The molecule has 0 aliphatic carbocycles. The van der Waals surface area contributed by atoms with E-state index >= 15 is 0 Å². The van der Waals surface area contributed by atoms with Gasteiger partial charge in [0, 0.05) is 91.6 Å². The molecule has 5 saturated heterocycles. The van der Waals surface area contributed by atoms with Crippen molar-refractivity contribution in [2.75, 3.05) is 92.1 Å². The zero-order valence-corrected chi connectivity index (χ0v) is 20.9. The average Bonchev–Trinajstić information content (AvgIpc) is 3.06. The van der Waals surface area contributed by atoms with Crippen molar-refractivity contribution in [3.05, 3.63) is 0 Å². The van der Waals surface area contributed by atoms with Crippen molar-refractivity contribution < 1.29 is 4.79 Å². The first-order chi connectivity index (χ1) is 14.2. The van der Waals surface area contributed by atoms with E-state index in [0.717, 1.165) is 64.6 Å². The zero-order valence-electron chi connectivity index (χ0n) is 18.6. The lowest BCUT2D eigenvalue weighted by Gasteiger charge is -2.47. The number of hydrogen-bond donors (Lipinski definition) is 1. The maximum Gasteiger partial charge on any atom is 0.236 e. The Balaban J connectivity index is 0.00000256. The standard InChI is InChI=1S/C21H39N7O.HI/c1-22-21(23-16-19-17-24-8-12-26(19)13-9-24)28-14-10-25(11-15-28)18-20(29)27-6-4-2-3-5-7-27;/h19H,2-18H2,1H3,(H,22,23);1H. The fourth-order valence-corrected chi connectivity index (χ4v) is 5.19. The molecule has 2 bridgehead atoms. The highest BCUT2D eigenvalue weighted by molar-refractivity contribution is 14.0. The minimum atomic E-state index is 0. The van der Waals surface area contributed by atoms with Gasteiger partial charge >= 0.3 is 0 Å². The highest BCUT2D eigenvalue weighted by Gasteiger charge is 2.32. The van der Waals surface area contributed by atoms with Gasteiger partial charge in [0.2, 0.25) is 5.91 Å². The number of amides is 1. The van der Waals surface area contributed by atoms with Gasteiger partial charge in [0.1, 0.15) is 0 Å². The van der Waals surface area contributed by atoms with Crippen molar-refractivity contribution in [2.45, 2.75) is 31.7 Å². The Hall–Kier alpha value is -0.650. The third-order valence-corrected chi connectivity index (χ3v) is 7.09. The van der Waals surface area contributed by atoms with Crippen molar-refractivity contribution in [1.82, 2.24) is 29.8 Å². The van der Waals surface area contributed by atoms with Crippen LogP contribution in [0.4, 0.5) is 0 Å². The number of guanidine groups is 1. The van der Waals surface area contributed by atoms with Crippen LogP contribution in [-0.2, 0) is 4.79 Å². The fourth-order valence-electron chi connectivity index (χ4n) is 5.19. The lowest BCUT2D eigenvalue weighted by Crippen LogP contribution is -2.64. The molecule has 0 aromatic heterocycles. The summed E-state index contributed by atoms with van der Waals surface area (Å²) in [7, 11) is 1.88. The summed E-state index contributed by atoms with van der Waals surface area (Å²) in [5.41, 5.74) is 0. The number of rotatable bonds is 4. The Morgan fingerprint density at radius 1 is 0.867 bits per heavy atom. The second kappa shape index (κ2) is 11.8. The number of fused-ring (bicyclic) bond motifs is 3. The molecule has 1 amide bonds. The number of carbonyl (C=O) groups is 1. The number of carbonyl (C=O) groups excluding carboxylic acids is 1. The van der Waals surface area contributed by atoms with Crippen LogP contribution in [0.25, 0.3) is 0 Å². The van der Waals surface area contributed by atoms with Gasteiger partial charge in [0.05, 0.1) is 6.54 Å². The van der Waals surface area contributed by atoms with Crippen LogP contribution in [0.3, 0.4) is 0 Å². The van der Waals surface area contributed by atoms with E-state index in [0.29, 0.717) is 18.5 Å². The summed E-state index contributed by atoms with van der Waals surface area (Å²) < 4.78 is 0. The second-order valence-corrected chi connectivity index (χ2v) is 8.98. The largest absolute Gasteiger partial charge is 0.355 e. The molecule has 1 atom stereocenters. The maximum absolute atomic E-state index is 12.7. The quantitative estimate of drug-likeness (QED) is 0.317. The first-order valence-electron chi connectivity index (χ1n) is 11.6. The molecule has 9 heteroatoms. The number of nitrogens with one attached hydrogen (secondary N) is 1. The third-order valence-electron chi connectivity index (χ3n) is 7.09. The van der Waals surface area contributed by atoms with Gasteiger partial charge in [-0.2, -0.15) is 0 Å². The van der Waals surface area contributed by atoms with Crippen LogP contribution < -0.4 is 5.32 Å². The minimum Gasteiger partial charge on any atom is -0.355 e. The van der Waals surface area contributed by atoms with E-state index in [1.165, 1.54) is 45.6 Å². The summed E-state index contributed by atoms with van der Waals surface area (Å²) in [5.74, 6) is 1.33. The van der Waals surface area contributed by atoms with Crippen molar-refractivity contribution in [3.63, 3.8) is 0 Å². The van der Waals surface area contributed by atoms with Gasteiger partial charge in [0.25, 0.3) is 0 Å². The van der Waals surface area contributed by atoms with Gasteiger partial charge in [-0.15, -0.1) is 24.0 Å². The van der Waals surface area contributed by atoms with E-state index in [4.69, 9.17) is 0 Å². The summed E-state index contributed by atoms with van der Waals surface area (Å²) in [5, 5.41) is 3.62. The van der Waals surface area contributed by atoms with Gasteiger partial charge in [-0.1, -0.05) is 12.8 Å². The zero-order chi connectivity index (χ0) is 20.1. The summed E-state index contributed by atoms with van der Waals surface area (Å²) in [6.45, 7) is 13.2. The molecule has 0 aromatic carbocycles. The molecule has 5 aliphatic rings. The topological polar surface area (TPSA) is 57.7 Å². The van der Waals surface area contributed by atoms with E-state index in [9.17, 15) is 4.79 Å². The maximum atomic E-state index is 12.7. The molecule has 8 nitrogen and oxygen atoms in total. The van der Waals surface area contributed by atoms with E-state index in [-0.39, 0.29) is 24.0 Å². The highest BCUT2D eigenvalue weighted by Crippen LogP contribution is 2.15. The van der Waals surface area contributed by atoms with Crippen LogP contribution in [0.15, 0.2) is 4.99 Å². The van der Waals surface area contributed by atoms with Crippen LogP contribution in [0.2, 0.25) is 0 Å². The Bertz CT molecular complexity index is 566. The number of likely N-dealkylation sites (tertiary alicyclic amines) is 1.